The second-order valence-corrected chi connectivity index (χ2v) is 6.66. The number of nitrogens with one attached hydrogen (secondary N) is 1. The summed E-state index contributed by atoms with van der Waals surface area (Å²) >= 11 is 1.74. The maximum atomic E-state index is 9.78. The molecule has 2 N–H and O–H groups in total. The Balaban J connectivity index is 0.00000288. The SMILES string of the molecule is CCNC(=NCC(c1ccsc1)N(CC)CC)N1CC[C@@H](O)C1.I. The van der Waals surface area contributed by atoms with Crippen molar-refractivity contribution in [3.63, 3.8) is 0 Å². The van der Waals surface area contributed by atoms with Gasteiger partial charge in [0.05, 0.1) is 18.7 Å². The molecule has 0 spiro atoms. The second-order valence-electron chi connectivity index (χ2n) is 5.88. The van der Waals surface area contributed by atoms with E-state index >= 15 is 0 Å². The standard InChI is InChI=1S/C17H30N4OS.HI/c1-4-18-17(21-9-7-15(22)12-21)19-11-16(20(5-2)6-3)14-8-10-23-13-14;/h8,10,13,15-16,22H,4-7,9,11-12H2,1-3H3,(H,18,19);1H/t15-,16?;/m1./s1. The van der Waals surface area contributed by atoms with Crippen LogP contribution in [0.15, 0.2) is 21.8 Å². The van der Waals surface area contributed by atoms with Crippen molar-refractivity contribution >= 4 is 41.3 Å². The summed E-state index contributed by atoms with van der Waals surface area (Å²) in [5.41, 5.74) is 1.35. The molecule has 0 aromatic carbocycles. The van der Waals surface area contributed by atoms with Crippen molar-refractivity contribution in [2.24, 2.45) is 4.99 Å². The number of nitrogens with zero attached hydrogens (tertiary/aromatic N) is 3. The van der Waals surface area contributed by atoms with Gasteiger partial charge in [-0.3, -0.25) is 9.89 Å². The Morgan fingerprint density at radius 3 is 2.71 bits per heavy atom. The topological polar surface area (TPSA) is 51.1 Å². The Morgan fingerprint density at radius 1 is 1.46 bits per heavy atom. The van der Waals surface area contributed by atoms with Gasteiger partial charge in [0.15, 0.2) is 5.96 Å². The van der Waals surface area contributed by atoms with Gasteiger partial charge >= 0.3 is 0 Å². The fraction of sp³-hybridized carbons (Fsp3) is 0.706. The Morgan fingerprint density at radius 2 is 2.21 bits per heavy atom. The van der Waals surface area contributed by atoms with Crippen LogP contribution in [-0.2, 0) is 0 Å². The van der Waals surface area contributed by atoms with Gasteiger partial charge in [0, 0.05) is 19.6 Å². The van der Waals surface area contributed by atoms with E-state index < -0.39 is 0 Å². The number of rotatable bonds is 7. The van der Waals surface area contributed by atoms with Gasteiger partial charge < -0.3 is 15.3 Å². The number of likely N-dealkylation sites (N-methyl/N-ethyl adjacent to an activating group) is 1. The summed E-state index contributed by atoms with van der Waals surface area (Å²) in [7, 11) is 0. The fourth-order valence-electron chi connectivity index (χ4n) is 3.09. The molecule has 1 saturated heterocycles. The van der Waals surface area contributed by atoms with E-state index in [1.165, 1.54) is 5.56 Å². The van der Waals surface area contributed by atoms with Crippen LogP contribution < -0.4 is 5.32 Å². The third-order valence-corrected chi connectivity index (χ3v) is 5.09. The summed E-state index contributed by atoms with van der Waals surface area (Å²) in [5.74, 6) is 0.927. The van der Waals surface area contributed by atoms with E-state index in [1.54, 1.807) is 11.3 Å². The molecule has 0 saturated carbocycles. The molecule has 0 aliphatic carbocycles. The lowest BCUT2D eigenvalue weighted by molar-refractivity contribution is 0.187. The number of aliphatic imine (C=N–C) groups is 1. The molecular weight excluding hydrogens is 435 g/mol. The van der Waals surface area contributed by atoms with E-state index in [0.717, 1.165) is 45.1 Å². The number of aliphatic hydroxyl groups is 1. The lowest BCUT2D eigenvalue weighted by Gasteiger charge is -2.29. The summed E-state index contributed by atoms with van der Waals surface area (Å²) in [6.07, 6.45) is 0.600. The predicted octanol–water partition coefficient (Wildman–Crippen LogP) is 2.78. The first-order chi connectivity index (χ1) is 11.2. The fourth-order valence-corrected chi connectivity index (χ4v) is 3.80. The van der Waals surface area contributed by atoms with Crippen molar-refractivity contribution in [2.45, 2.75) is 39.3 Å². The van der Waals surface area contributed by atoms with Crippen molar-refractivity contribution in [1.29, 1.82) is 0 Å². The normalized spacial score (nSPS) is 19.5. The molecular formula is C17H31IN4OS. The third-order valence-electron chi connectivity index (χ3n) is 4.39. The van der Waals surface area contributed by atoms with E-state index in [2.05, 4.69) is 52.7 Å². The number of likely N-dealkylation sites (tertiary alicyclic amines) is 1. The molecule has 1 aliphatic rings. The molecule has 0 bridgehead atoms. The van der Waals surface area contributed by atoms with Crippen molar-refractivity contribution in [1.82, 2.24) is 15.1 Å². The largest absolute Gasteiger partial charge is 0.391 e. The highest BCUT2D eigenvalue weighted by Gasteiger charge is 2.24. The van der Waals surface area contributed by atoms with Crippen molar-refractivity contribution < 1.29 is 5.11 Å². The maximum absolute atomic E-state index is 9.78. The number of thiophene rings is 1. The Kier molecular flexibility index (Phi) is 10.2. The van der Waals surface area contributed by atoms with Crippen molar-refractivity contribution in [3.8, 4) is 0 Å². The van der Waals surface area contributed by atoms with E-state index in [9.17, 15) is 5.11 Å². The number of hydrogen-bond acceptors (Lipinski definition) is 4. The number of hydrogen-bond donors (Lipinski definition) is 2. The van der Waals surface area contributed by atoms with Crippen LogP contribution in [0, 0.1) is 0 Å². The summed E-state index contributed by atoms with van der Waals surface area (Å²) in [4.78, 5) is 9.51. The first kappa shape index (κ1) is 21.7. The van der Waals surface area contributed by atoms with Crippen LogP contribution in [0.25, 0.3) is 0 Å². The van der Waals surface area contributed by atoms with Crippen LogP contribution in [0.4, 0.5) is 0 Å². The van der Waals surface area contributed by atoms with Gasteiger partial charge in [-0.25, -0.2) is 0 Å². The quantitative estimate of drug-likeness (QED) is 0.369. The minimum Gasteiger partial charge on any atom is -0.391 e. The summed E-state index contributed by atoms with van der Waals surface area (Å²) in [5, 5.41) is 17.5. The van der Waals surface area contributed by atoms with Crippen LogP contribution in [-0.4, -0.2) is 66.2 Å². The Hall–Kier alpha value is -0.380. The minimum atomic E-state index is -0.227. The zero-order valence-electron chi connectivity index (χ0n) is 14.9. The van der Waals surface area contributed by atoms with Crippen LogP contribution in [0.2, 0.25) is 0 Å². The van der Waals surface area contributed by atoms with Gasteiger partial charge in [-0.1, -0.05) is 13.8 Å². The average molecular weight is 466 g/mol. The smallest absolute Gasteiger partial charge is 0.194 e. The van der Waals surface area contributed by atoms with Gasteiger partial charge in [0.1, 0.15) is 0 Å². The van der Waals surface area contributed by atoms with Gasteiger partial charge in [-0.05, 0) is 48.8 Å². The van der Waals surface area contributed by atoms with Crippen molar-refractivity contribution in [2.75, 3.05) is 39.3 Å². The zero-order valence-corrected chi connectivity index (χ0v) is 18.1. The highest BCUT2D eigenvalue weighted by molar-refractivity contribution is 14.0. The molecule has 24 heavy (non-hydrogen) atoms. The van der Waals surface area contributed by atoms with E-state index in [0.29, 0.717) is 12.6 Å². The predicted molar refractivity (Wildman–Crippen MR) is 114 cm³/mol. The summed E-state index contributed by atoms with van der Waals surface area (Å²) < 4.78 is 0. The van der Waals surface area contributed by atoms with Gasteiger partial charge in [0.2, 0.25) is 0 Å². The van der Waals surface area contributed by atoms with Crippen LogP contribution in [0.5, 0.6) is 0 Å². The second kappa shape index (κ2) is 11.3. The highest BCUT2D eigenvalue weighted by atomic mass is 127. The van der Waals surface area contributed by atoms with E-state index in [1.807, 2.05) is 0 Å². The molecule has 1 fully saturated rings. The number of β-amino-alcohol motifs (C(OH)–C–C–N with tert-alkyl or cyclic N) is 1. The molecule has 1 aliphatic heterocycles. The summed E-state index contributed by atoms with van der Waals surface area (Å²) in [6, 6.07) is 2.52. The molecule has 5 nitrogen and oxygen atoms in total. The average Bonchev–Trinajstić information content (AvgIpc) is 3.21. The third kappa shape index (κ3) is 5.86. The minimum absolute atomic E-state index is 0. The molecule has 1 unspecified atom stereocenters. The van der Waals surface area contributed by atoms with Gasteiger partial charge in [0.25, 0.3) is 0 Å². The van der Waals surface area contributed by atoms with E-state index in [4.69, 9.17) is 4.99 Å². The lowest BCUT2D eigenvalue weighted by atomic mass is 10.1. The summed E-state index contributed by atoms with van der Waals surface area (Å²) in [6.45, 7) is 11.7. The molecule has 0 radical (unpaired) electrons. The highest BCUT2D eigenvalue weighted by Crippen LogP contribution is 2.23. The van der Waals surface area contributed by atoms with Gasteiger partial charge in [-0.2, -0.15) is 11.3 Å². The molecule has 1 aromatic rings. The van der Waals surface area contributed by atoms with Crippen LogP contribution in [0.3, 0.4) is 0 Å². The van der Waals surface area contributed by atoms with E-state index in [-0.39, 0.29) is 30.1 Å². The first-order valence-electron chi connectivity index (χ1n) is 8.67. The molecule has 1 aromatic heterocycles. The first-order valence-corrected chi connectivity index (χ1v) is 9.61. The van der Waals surface area contributed by atoms with Crippen LogP contribution >= 0.6 is 35.3 Å². The molecule has 138 valence electrons. The maximum Gasteiger partial charge on any atom is 0.194 e. The Bertz CT molecular complexity index is 479. The molecule has 2 heterocycles. The number of guanidine groups is 1. The van der Waals surface area contributed by atoms with Crippen molar-refractivity contribution in [3.05, 3.63) is 22.4 Å². The monoisotopic (exact) mass is 466 g/mol. The molecule has 0 amide bonds. The van der Waals surface area contributed by atoms with Gasteiger partial charge in [-0.15, -0.1) is 24.0 Å². The zero-order chi connectivity index (χ0) is 16.7. The molecule has 7 heteroatoms. The lowest BCUT2D eigenvalue weighted by Crippen LogP contribution is -2.41. The number of halogens is 1. The Labute approximate surface area is 167 Å². The molecule has 2 atom stereocenters. The van der Waals surface area contributed by atoms with Crippen LogP contribution in [0.1, 0.15) is 38.8 Å². The number of aliphatic hydroxyl groups excluding tert-OH is 1. The molecule has 2 rings (SSSR count).